The Labute approximate surface area is 208 Å². The molecule has 1 amide bonds. The van der Waals surface area contributed by atoms with Crippen molar-refractivity contribution >= 4 is 15.7 Å². The highest BCUT2D eigenvalue weighted by Crippen LogP contribution is 2.35. The molecule has 1 saturated heterocycles. The van der Waals surface area contributed by atoms with E-state index in [-0.39, 0.29) is 35.1 Å². The molecule has 0 saturated carbocycles. The first-order chi connectivity index (χ1) is 17.1. The molecule has 0 radical (unpaired) electrons. The van der Waals surface area contributed by atoms with Crippen LogP contribution in [0, 0.1) is 0 Å². The van der Waals surface area contributed by atoms with Crippen LogP contribution in [0.4, 0.5) is 13.2 Å². The zero-order valence-corrected chi connectivity index (χ0v) is 20.5. The number of sulfone groups is 1. The Kier molecular flexibility index (Phi) is 7.51. The first-order valence-electron chi connectivity index (χ1n) is 11.7. The number of benzene rings is 3. The van der Waals surface area contributed by atoms with E-state index in [0.717, 1.165) is 35.2 Å². The van der Waals surface area contributed by atoms with Crippen molar-refractivity contribution in [2.75, 3.05) is 12.3 Å². The third-order valence-electron chi connectivity index (χ3n) is 6.53. The molecular formula is C27H27F3N2O3S. The van der Waals surface area contributed by atoms with Crippen molar-refractivity contribution < 1.29 is 26.4 Å². The largest absolute Gasteiger partial charge is 0.416 e. The first kappa shape index (κ1) is 25.9. The molecule has 2 unspecified atom stereocenters. The van der Waals surface area contributed by atoms with Gasteiger partial charge in [0, 0.05) is 24.7 Å². The molecular weight excluding hydrogens is 489 g/mol. The summed E-state index contributed by atoms with van der Waals surface area (Å²) in [7, 11) is -3.26. The Morgan fingerprint density at radius 2 is 1.56 bits per heavy atom. The molecule has 0 spiro atoms. The van der Waals surface area contributed by atoms with Crippen LogP contribution in [0.15, 0.2) is 77.7 Å². The van der Waals surface area contributed by atoms with Gasteiger partial charge in [-0.1, -0.05) is 43.3 Å². The van der Waals surface area contributed by atoms with Gasteiger partial charge in [0.1, 0.15) is 0 Å². The van der Waals surface area contributed by atoms with Crippen LogP contribution in [-0.2, 0) is 22.6 Å². The Hall–Kier alpha value is -3.17. The molecule has 1 aliphatic heterocycles. The van der Waals surface area contributed by atoms with Crippen molar-refractivity contribution in [3.63, 3.8) is 0 Å². The van der Waals surface area contributed by atoms with Gasteiger partial charge in [-0.05, 0) is 65.4 Å². The average molecular weight is 517 g/mol. The second kappa shape index (κ2) is 10.4. The Bertz CT molecular complexity index is 1300. The number of hydrogen-bond donors (Lipinski definition) is 2. The number of carbonyl (C=O) groups excluding carboxylic acids is 1. The Morgan fingerprint density at radius 1 is 0.944 bits per heavy atom. The van der Waals surface area contributed by atoms with E-state index >= 15 is 0 Å². The van der Waals surface area contributed by atoms with E-state index < -0.39 is 21.6 Å². The quantitative estimate of drug-likeness (QED) is 0.450. The maximum atomic E-state index is 12.8. The van der Waals surface area contributed by atoms with Crippen LogP contribution in [0.5, 0.6) is 0 Å². The summed E-state index contributed by atoms with van der Waals surface area (Å²) in [6.07, 6.45) is -3.59. The molecule has 9 heteroatoms. The summed E-state index contributed by atoms with van der Waals surface area (Å²) in [5.74, 6) is -0.0988. The topological polar surface area (TPSA) is 75.3 Å². The van der Waals surface area contributed by atoms with Gasteiger partial charge in [-0.25, -0.2) is 8.42 Å². The normalized spacial score (nSPS) is 18.2. The maximum absolute atomic E-state index is 12.8. The molecule has 2 N–H and O–H groups in total. The molecule has 3 aromatic carbocycles. The second-order valence-corrected chi connectivity index (χ2v) is 11.1. The standard InChI is InChI=1S/C27H27F3N2O3S/c1-2-36(34,35)24-13-3-18(4-14-24)16-32-26(33)21-7-5-20(6-8-21)25-15-22(17-31-25)19-9-11-23(12-10-19)27(28,29)30/h3-14,22,25,31H,2,15-17H2,1H3,(H,32,33). The van der Waals surface area contributed by atoms with Crippen molar-refractivity contribution in [3.8, 4) is 0 Å². The second-order valence-electron chi connectivity index (χ2n) is 8.87. The fourth-order valence-corrected chi connectivity index (χ4v) is 5.20. The summed E-state index contributed by atoms with van der Waals surface area (Å²) in [5.41, 5.74) is 2.52. The minimum Gasteiger partial charge on any atom is -0.348 e. The van der Waals surface area contributed by atoms with Crippen molar-refractivity contribution in [3.05, 3.63) is 101 Å². The van der Waals surface area contributed by atoms with Crippen LogP contribution in [0.2, 0.25) is 0 Å². The highest BCUT2D eigenvalue weighted by molar-refractivity contribution is 7.91. The van der Waals surface area contributed by atoms with Gasteiger partial charge in [0.2, 0.25) is 0 Å². The van der Waals surface area contributed by atoms with Crippen LogP contribution in [0.25, 0.3) is 0 Å². The van der Waals surface area contributed by atoms with Crippen LogP contribution in [0.1, 0.15) is 57.9 Å². The highest BCUT2D eigenvalue weighted by atomic mass is 32.2. The van der Waals surface area contributed by atoms with E-state index in [9.17, 15) is 26.4 Å². The third-order valence-corrected chi connectivity index (χ3v) is 8.28. The molecule has 0 aliphatic carbocycles. The number of hydrogen-bond acceptors (Lipinski definition) is 4. The monoisotopic (exact) mass is 516 g/mol. The van der Waals surface area contributed by atoms with E-state index in [1.54, 1.807) is 55.5 Å². The molecule has 5 nitrogen and oxygen atoms in total. The van der Waals surface area contributed by atoms with E-state index in [0.29, 0.717) is 12.1 Å². The number of nitrogens with one attached hydrogen (secondary N) is 2. The van der Waals surface area contributed by atoms with Gasteiger partial charge in [-0.3, -0.25) is 4.79 Å². The van der Waals surface area contributed by atoms with Gasteiger partial charge in [0.15, 0.2) is 9.84 Å². The van der Waals surface area contributed by atoms with Crippen molar-refractivity contribution in [1.82, 2.24) is 10.6 Å². The molecule has 1 heterocycles. The fourth-order valence-electron chi connectivity index (χ4n) is 4.32. The van der Waals surface area contributed by atoms with Gasteiger partial charge in [-0.2, -0.15) is 13.2 Å². The van der Waals surface area contributed by atoms with Crippen molar-refractivity contribution in [2.24, 2.45) is 0 Å². The lowest BCUT2D eigenvalue weighted by atomic mass is 9.93. The van der Waals surface area contributed by atoms with E-state index in [2.05, 4.69) is 10.6 Å². The SMILES string of the molecule is CCS(=O)(=O)c1ccc(CNC(=O)c2ccc(C3CC(c4ccc(C(F)(F)F)cc4)CN3)cc2)cc1. The predicted molar refractivity (Wildman–Crippen MR) is 131 cm³/mol. The van der Waals surface area contributed by atoms with Gasteiger partial charge in [0.05, 0.1) is 16.2 Å². The van der Waals surface area contributed by atoms with Crippen LogP contribution < -0.4 is 10.6 Å². The lowest BCUT2D eigenvalue weighted by Crippen LogP contribution is -2.23. The summed E-state index contributed by atoms with van der Waals surface area (Å²) in [4.78, 5) is 12.8. The number of amides is 1. The molecule has 190 valence electrons. The molecule has 36 heavy (non-hydrogen) atoms. The molecule has 0 bridgehead atoms. The predicted octanol–water partition coefficient (Wildman–Crippen LogP) is 5.25. The van der Waals surface area contributed by atoms with E-state index in [1.165, 1.54) is 0 Å². The molecule has 0 aromatic heterocycles. The smallest absolute Gasteiger partial charge is 0.348 e. The molecule has 1 aliphatic rings. The van der Waals surface area contributed by atoms with Crippen molar-refractivity contribution in [1.29, 1.82) is 0 Å². The summed E-state index contributed by atoms with van der Waals surface area (Å²) < 4.78 is 62.2. The third kappa shape index (κ3) is 5.96. The van der Waals surface area contributed by atoms with Crippen molar-refractivity contribution in [2.45, 2.75) is 42.9 Å². The van der Waals surface area contributed by atoms with Gasteiger partial charge in [0.25, 0.3) is 5.91 Å². The minimum absolute atomic E-state index is 0.0329. The maximum Gasteiger partial charge on any atom is 0.416 e. The summed E-state index contributed by atoms with van der Waals surface area (Å²) in [5, 5.41) is 6.25. The number of carbonyl (C=O) groups is 1. The highest BCUT2D eigenvalue weighted by Gasteiger charge is 2.31. The lowest BCUT2D eigenvalue weighted by Gasteiger charge is -2.13. The number of rotatable bonds is 7. The van der Waals surface area contributed by atoms with E-state index in [4.69, 9.17) is 0 Å². The zero-order chi connectivity index (χ0) is 25.9. The lowest BCUT2D eigenvalue weighted by molar-refractivity contribution is -0.137. The molecule has 1 fully saturated rings. The number of alkyl halides is 3. The summed E-state index contributed by atoms with van der Waals surface area (Å²) in [6.45, 7) is 2.53. The minimum atomic E-state index is -4.34. The first-order valence-corrected chi connectivity index (χ1v) is 13.3. The van der Waals surface area contributed by atoms with Crippen LogP contribution in [0.3, 0.4) is 0 Å². The Balaban J connectivity index is 1.32. The Morgan fingerprint density at radius 3 is 2.14 bits per heavy atom. The van der Waals surface area contributed by atoms with Crippen LogP contribution in [-0.4, -0.2) is 26.6 Å². The van der Waals surface area contributed by atoms with Gasteiger partial charge >= 0.3 is 6.18 Å². The summed E-state index contributed by atoms with van der Waals surface area (Å²) in [6, 6.07) is 19.1. The zero-order valence-electron chi connectivity index (χ0n) is 19.7. The number of halogens is 3. The van der Waals surface area contributed by atoms with Gasteiger partial charge < -0.3 is 10.6 Å². The average Bonchev–Trinajstić information content (AvgIpc) is 3.37. The van der Waals surface area contributed by atoms with E-state index in [1.807, 2.05) is 12.1 Å². The summed E-state index contributed by atoms with van der Waals surface area (Å²) >= 11 is 0. The molecule has 3 aromatic rings. The fraction of sp³-hybridized carbons (Fsp3) is 0.296. The van der Waals surface area contributed by atoms with Crippen LogP contribution >= 0.6 is 0 Å². The van der Waals surface area contributed by atoms with Gasteiger partial charge in [-0.15, -0.1) is 0 Å². The molecule has 2 atom stereocenters. The molecule has 4 rings (SSSR count).